The van der Waals surface area contributed by atoms with Crippen LogP contribution in [-0.4, -0.2) is 22.9 Å². The van der Waals surface area contributed by atoms with Gasteiger partial charge in [0.2, 0.25) is 0 Å². The lowest BCUT2D eigenvalue weighted by atomic mass is 10.5. The van der Waals surface area contributed by atoms with Gasteiger partial charge in [0.25, 0.3) is 5.88 Å². The van der Waals surface area contributed by atoms with E-state index in [0.29, 0.717) is 11.6 Å². The maximum atomic E-state index is 10.5. The van der Waals surface area contributed by atoms with E-state index in [1.54, 1.807) is 13.2 Å². The first-order valence-corrected chi connectivity index (χ1v) is 3.27. The number of carbonyl (C=O) groups excluding carboxylic acids is 1. The molecule has 0 unspecified atom stereocenters. The summed E-state index contributed by atoms with van der Waals surface area (Å²) in [4.78, 5) is 10.5. The number of hydrogen-bond acceptors (Lipinski definition) is 3. The van der Waals surface area contributed by atoms with E-state index in [-0.39, 0.29) is 0 Å². The van der Waals surface area contributed by atoms with Crippen molar-refractivity contribution in [2.24, 2.45) is 12.8 Å². The topological polar surface area (TPSA) is 82.2 Å². The molecule has 0 aromatic carbocycles. The molecule has 0 aliphatic heterocycles. The first kappa shape index (κ1) is 8.38. The van der Waals surface area contributed by atoms with Crippen molar-refractivity contribution in [1.82, 2.24) is 9.78 Å². The number of anilines is 1. The van der Waals surface area contributed by atoms with Gasteiger partial charge in [-0.1, -0.05) is 0 Å². The highest BCUT2D eigenvalue weighted by Gasteiger charge is 2.08. The summed E-state index contributed by atoms with van der Waals surface area (Å²) in [6.45, 7) is 0. The number of urea groups is 1. The zero-order chi connectivity index (χ0) is 9.14. The molecule has 0 saturated carbocycles. The number of nitrogens with one attached hydrogen (secondary N) is 1. The molecule has 0 aliphatic rings. The van der Waals surface area contributed by atoms with E-state index < -0.39 is 6.03 Å². The van der Waals surface area contributed by atoms with Crippen LogP contribution in [0.4, 0.5) is 10.5 Å². The second kappa shape index (κ2) is 3.12. The Kier molecular flexibility index (Phi) is 2.18. The molecule has 0 atom stereocenters. The molecule has 0 spiro atoms. The third-order valence-electron chi connectivity index (χ3n) is 1.25. The number of rotatable bonds is 2. The van der Waals surface area contributed by atoms with Crippen molar-refractivity contribution in [3.8, 4) is 5.88 Å². The summed E-state index contributed by atoms with van der Waals surface area (Å²) in [6.07, 6.45) is 1.60. The molecule has 3 N–H and O–H groups in total. The number of methoxy groups -OCH3 is 1. The van der Waals surface area contributed by atoms with Gasteiger partial charge in [0.1, 0.15) is 5.69 Å². The van der Waals surface area contributed by atoms with Crippen molar-refractivity contribution in [2.75, 3.05) is 12.4 Å². The Morgan fingerprint density at radius 3 is 3.00 bits per heavy atom. The molecule has 1 heterocycles. The van der Waals surface area contributed by atoms with Crippen LogP contribution in [0.5, 0.6) is 5.88 Å². The normalized spacial score (nSPS) is 9.50. The van der Waals surface area contributed by atoms with E-state index in [4.69, 9.17) is 10.5 Å². The molecule has 0 bridgehead atoms. The summed E-state index contributed by atoms with van der Waals surface area (Å²) in [5.74, 6) is 0.344. The van der Waals surface area contributed by atoms with Crippen LogP contribution in [0, 0.1) is 0 Å². The Bertz CT molecular complexity index is 294. The van der Waals surface area contributed by atoms with Gasteiger partial charge in [-0.15, -0.1) is 5.10 Å². The minimum atomic E-state index is -0.638. The molecule has 0 radical (unpaired) electrons. The van der Waals surface area contributed by atoms with Crippen molar-refractivity contribution in [1.29, 1.82) is 0 Å². The van der Waals surface area contributed by atoms with Crippen molar-refractivity contribution >= 4 is 11.7 Å². The number of hydrogen-bond donors (Lipinski definition) is 2. The number of nitrogens with zero attached hydrogens (tertiary/aromatic N) is 2. The third-order valence-corrected chi connectivity index (χ3v) is 1.25. The summed E-state index contributed by atoms with van der Waals surface area (Å²) in [5, 5.41) is 6.28. The SMILES string of the molecule is COc1nn(C)cc1NC(N)=O. The molecule has 2 amide bonds. The molecule has 1 aromatic rings. The van der Waals surface area contributed by atoms with Crippen LogP contribution in [-0.2, 0) is 7.05 Å². The van der Waals surface area contributed by atoms with Gasteiger partial charge in [0, 0.05) is 7.05 Å². The first-order chi connectivity index (χ1) is 5.63. The van der Waals surface area contributed by atoms with Crippen LogP contribution in [0.25, 0.3) is 0 Å². The fraction of sp³-hybridized carbons (Fsp3) is 0.333. The average Bonchev–Trinajstić information content (AvgIpc) is 2.29. The lowest BCUT2D eigenvalue weighted by molar-refractivity contribution is 0.259. The maximum absolute atomic E-state index is 10.5. The predicted octanol–water partition coefficient (Wildman–Crippen LogP) is -0.0807. The van der Waals surface area contributed by atoms with Crippen LogP contribution >= 0.6 is 0 Å². The van der Waals surface area contributed by atoms with E-state index in [0.717, 1.165) is 0 Å². The molecule has 6 heteroatoms. The summed E-state index contributed by atoms with van der Waals surface area (Å²) >= 11 is 0. The Balaban J connectivity index is 2.89. The van der Waals surface area contributed by atoms with E-state index >= 15 is 0 Å². The molecule has 1 aromatic heterocycles. The lowest BCUT2D eigenvalue weighted by Crippen LogP contribution is -2.19. The molecule has 1 rings (SSSR count). The minimum Gasteiger partial charge on any atom is -0.478 e. The van der Waals surface area contributed by atoms with Gasteiger partial charge < -0.3 is 15.8 Å². The predicted molar refractivity (Wildman–Crippen MR) is 43.0 cm³/mol. The molecule has 6 nitrogen and oxygen atoms in total. The smallest absolute Gasteiger partial charge is 0.316 e. The van der Waals surface area contributed by atoms with Crippen LogP contribution in [0.2, 0.25) is 0 Å². The van der Waals surface area contributed by atoms with Gasteiger partial charge in [0.15, 0.2) is 0 Å². The second-order valence-corrected chi connectivity index (χ2v) is 2.21. The molecule has 0 aliphatic carbocycles. The number of carbonyl (C=O) groups is 1. The number of aromatic nitrogens is 2. The average molecular weight is 170 g/mol. The van der Waals surface area contributed by atoms with Crippen molar-refractivity contribution in [3.05, 3.63) is 6.20 Å². The summed E-state index contributed by atoms with van der Waals surface area (Å²) < 4.78 is 6.38. The van der Waals surface area contributed by atoms with Gasteiger partial charge in [-0.05, 0) is 0 Å². The van der Waals surface area contributed by atoms with E-state index in [2.05, 4.69) is 10.4 Å². The Labute approximate surface area is 69.3 Å². The molecule has 12 heavy (non-hydrogen) atoms. The van der Waals surface area contributed by atoms with Gasteiger partial charge in [-0.2, -0.15) is 0 Å². The van der Waals surface area contributed by atoms with E-state index in [9.17, 15) is 4.79 Å². The number of amides is 2. The fourth-order valence-corrected chi connectivity index (χ4v) is 0.837. The van der Waals surface area contributed by atoms with Crippen molar-refractivity contribution in [2.45, 2.75) is 0 Å². The number of ether oxygens (including phenoxy) is 1. The van der Waals surface area contributed by atoms with Gasteiger partial charge in [-0.3, -0.25) is 4.68 Å². The highest BCUT2D eigenvalue weighted by Crippen LogP contribution is 2.20. The minimum absolute atomic E-state index is 0.344. The zero-order valence-corrected chi connectivity index (χ0v) is 6.87. The molecule has 0 fully saturated rings. The third kappa shape index (κ3) is 1.66. The highest BCUT2D eigenvalue weighted by atomic mass is 16.5. The lowest BCUT2D eigenvalue weighted by Gasteiger charge is -1.98. The van der Waals surface area contributed by atoms with Crippen LogP contribution in [0.3, 0.4) is 0 Å². The fourth-order valence-electron chi connectivity index (χ4n) is 0.837. The van der Waals surface area contributed by atoms with Crippen LogP contribution in [0.1, 0.15) is 0 Å². The number of aryl methyl sites for hydroxylation is 1. The molecular formula is C6H10N4O2. The number of primary amides is 1. The monoisotopic (exact) mass is 170 g/mol. The second-order valence-electron chi connectivity index (χ2n) is 2.21. The molecule has 0 saturated heterocycles. The van der Waals surface area contributed by atoms with Gasteiger partial charge in [-0.25, -0.2) is 4.79 Å². The van der Waals surface area contributed by atoms with Crippen molar-refractivity contribution < 1.29 is 9.53 Å². The Morgan fingerprint density at radius 2 is 2.50 bits per heavy atom. The first-order valence-electron chi connectivity index (χ1n) is 3.27. The maximum Gasteiger partial charge on any atom is 0.316 e. The molecular weight excluding hydrogens is 160 g/mol. The van der Waals surface area contributed by atoms with Gasteiger partial charge in [0.05, 0.1) is 13.3 Å². The Morgan fingerprint density at radius 1 is 1.83 bits per heavy atom. The van der Waals surface area contributed by atoms with Crippen LogP contribution in [0.15, 0.2) is 6.20 Å². The molecule has 66 valence electrons. The summed E-state index contributed by atoms with van der Waals surface area (Å²) in [7, 11) is 3.18. The quantitative estimate of drug-likeness (QED) is 0.651. The van der Waals surface area contributed by atoms with Crippen molar-refractivity contribution in [3.63, 3.8) is 0 Å². The zero-order valence-electron chi connectivity index (χ0n) is 6.87. The standard InChI is InChI=1S/C6H10N4O2/c1-10-3-4(8-6(7)11)5(9-10)12-2/h3H,1-2H3,(H3,7,8,11). The largest absolute Gasteiger partial charge is 0.478 e. The summed E-state index contributed by atoms with van der Waals surface area (Å²) in [5.41, 5.74) is 5.38. The van der Waals surface area contributed by atoms with Crippen LogP contribution < -0.4 is 15.8 Å². The number of nitrogens with two attached hydrogens (primary N) is 1. The summed E-state index contributed by atoms with van der Waals surface area (Å²) in [6, 6.07) is -0.638. The van der Waals surface area contributed by atoms with E-state index in [1.165, 1.54) is 11.8 Å². The Hall–Kier alpha value is -1.72. The van der Waals surface area contributed by atoms with E-state index in [1.807, 2.05) is 0 Å². The van der Waals surface area contributed by atoms with Gasteiger partial charge >= 0.3 is 6.03 Å². The highest BCUT2D eigenvalue weighted by molar-refractivity contribution is 5.88.